The second-order valence-corrected chi connectivity index (χ2v) is 5.94. The van der Waals surface area contributed by atoms with Crippen LogP contribution in [-0.4, -0.2) is 22.2 Å². The Morgan fingerprint density at radius 3 is 2.52 bits per heavy atom. The molecule has 0 saturated heterocycles. The first-order valence-corrected chi connectivity index (χ1v) is 7.45. The fourth-order valence-electron chi connectivity index (χ4n) is 3.23. The average Bonchev–Trinajstić information content (AvgIpc) is 2.68. The van der Waals surface area contributed by atoms with E-state index in [0.717, 1.165) is 29.4 Å². The Morgan fingerprint density at radius 2 is 2.00 bits per heavy atom. The molecule has 0 spiro atoms. The zero-order valence-electron chi connectivity index (χ0n) is 13.2. The maximum absolute atomic E-state index is 11.3. The van der Waals surface area contributed by atoms with Crippen LogP contribution in [-0.2, 0) is 6.54 Å². The summed E-state index contributed by atoms with van der Waals surface area (Å²) in [7, 11) is 0. The van der Waals surface area contributed by atoms with Crippen LogP contribution < -0.4 is 5.73 Å². The number of aryl methyl sites for hydroxylation is 2. The number of hydrogen-bond donors (Lipinski definition) is 2. The van der Waals surface area contributed by atoms with E-state index in [1.807, 2.05) is 13.0 Å². The van der Waals surface area contributed by atoms with Crippen LogP contribution in [0.1, 0.15) is 53.4 Å². The number of nitrogens with two attached hydrogens (primary N) is 1. The minimum absolute atomic E-state index is 0.357. The van der Waals surface area contributed by atoms with Crippen LogP contribution in [0.4, 0.5) is 0 Å². The van der Waals surface area contributed by atoms with E-state index in [9.17, 15) is 9.90 Å². The molecular formula is C17H24N2O2. The summed E-state index contributed by atoms with van der Waals surface area (Å²) in [6.45, 7) is 9.93. The van der Waals surface area contributed by atoms with Crippen LogP contribution in [0.3, 0.4) is 0 Å². The van der Waals surface area contributed by atoms with E-state index in [1.165, 1.54) is 11.3 Å². The second kappa shape index (κ2) is 5.90. The van der Waals surface area contributed by atoms with E-state index in [1.54, 1.807) is 6.07 Å². The van der Waals surface area contributed by atoms with Gasteiger partial charge in [-0.25, -0.2) is 4.79 Å². The maximum Gasteiger partial charge on any atom is 0.335 e. The van der Waals surface area contributed by atoms with E-state index < -0.39 is 5.97 Å². The second-order valence-electron chi connectivity index (χ2n) is 5.94. The predicted molar refractivity (Wildman–Crippen MR) is 86.1 cm³/mol. The predicted octanol–water partition coefficient (Wildman–Crippen LogP) is 3.43. The SMILES string of the molecule is Cc1cc(C(=O)O)cc2c(C(C)C)c(C)n(CCCN)c12. The van der Waals surface area contributed by atoms with Gasteiger partial charge in [0, 0.05) is 17.6 Å². The fraction of sp³-hybridized carbons (Fsp3) is 0.471. The average molecular weight is 288 g/mol. The van der Waals surface area contributed by atoms with Gasteiger partial charge in [-0.1, -0.05) is 13.8 Å². The van der Waals surface area contributed by atoms with Crippen molar-refractivity contribution in [3.63, 3.8) is 0 Å². The summed E-state index contributed by atoms with van der Waals surface area (Å²) >= 11 is 0. The number of nitrogens with zero attached hydrogens (tertiary/aromatic N) is 1. The lowest BCUT2D eigenvalue weighted by Crippen LogP contribution is -2.08. The first-order chi connectivity index (χ1) is 9.88. The van der Waals surface area contributed by atoms with Gasteiger partial charge in [-0.3, -0.25) is 0 Å². The third-order valence-corrected chi connectivity index (χ3v) is 4.07. The van der Waals surface area contributed by atoms with E-state index in [2.05, 4.69) is 25.3 Å². The van der Waals surface area contributed by atoms with Gasteiger partial charge in [0.2, 0.25) is 0 Å². The molecule has 3 N–H and O–H groups in total. The molecule has 114 valence electrons. The maximum atomic E-state index is 11.3. The van der Waals surface area contributed by atoms with Crippen molar-refractivity contribution in [1.82, 2.24) is 4.57 Å². The summed E-state index contributed by atoms with van der Waals surface area (Å²) in [6.07, 6.45) is 0.919. The van der Waals surface area contributed by atoms with Crippen molar-refractivity contribution in [2.45, 2.75) is 46.6 Å². The van der Waals surface area contributed by atoms with Crippen LogP contribution in [0, 0.1) is 13.8 Å². The van der Waals surface area contributed by atoms with Gasteiger partial charge >= 0.3 is 5.97 Å². The number of aromatic carboxylic acids is 1. The lowest BCUT2D eigenvalue weighted by Gasteiger charge is -2.10. The number of aromatic nitrogens is 1. The van der Waals surface area contributed by atoms with Gasteiger partial charge < -0.3 is 15.4 Å². The highest BCUT2D eigenvalue weighted by molar-refractivity contribution is 5.97. The van der Waals surface area contributed by atoms with Crippen molar-refractivity contribution in [2.24, 2.45) is 5.73 Å². The first kappa shape index (κ1) is 15.6. The zero-order valence-corrected chi connectivity index (χ0v) is 13.2. The summed E-state index contributed by atoms with van der Waals surface area (Å²) in [4.78, 5) is 11.3. The van der Waals surface area contributed by atoms with Crippen LogP contribution in [0.15, 0.2) is 12.1 Å². The molecule has 2 aromatic rings. The molecule has 1 aromatic carbocycles. The van der Waals surface area contributed by atoms with Crippen molar-refractivity contribution in [2.75, 3.05) is 6.54 Å². The number of rotatable bonds is 5. The van der Waals surface area contributed by atoms with Gasteiger partial charge in [0.05, 0.1) is 11.1 Å². The molecule has 0 amide bonds. The Hall–Kier alpha value is -1.81. The Balaban J connectivity index is 2.80. The van der Waals surface area contributed by atoms with Crippen molar-refractivity contribution in [3.8, 4) is 0 Å². The monoisotopic (exact) mass is 288 g/mol. The third-order valence-electron chi connectivity index (χ3n) is 4.07. The van der Waals surface area contributed by atoms with Gasteiger partial charge in [0.15, 0.2) is 0 Å². The minimum atomic E-state index is -0.873. The Kier molecular flexibility index (Phi) is 4.37. The number of carbonyl (C=O) groups is 1. The number of carboxylic acids is 1. The van der Waals surface area contributed by atoms with Gasteiger partial charge in [-0.2, -0.15) is 0 Å². The van der Waals surface area contributed by atoms with Crippen molar-refractivity contribution < 1.29 is 9.90 Å². The minimum Gasteiger partial charge on any atom is -0.478 e. The molecule has 0 fully saturated rings. The molecule has 0 aliphatic carbocycles. The molecule has 0 saturated carbocycles. The highest BCUT2D eigenvalue weighted by atomic mass is 16.4. The molecule has 21 heavy (non-hydrogen) atoms. The number of benzene rings is 1. The van der Waals surface area contributed by atoms with Crippen molar-refractivity contribution in [3.05, 3.63) is 34.5 Å². The molecule has 0 radical (unpaired) electrons. The normalized spacial score (nSPS) is 11.5. The number of fused-ring (bicyclic) bond motifs is 1. The summed E-state index contributed by atoms with van der Waals surface area (Å²) in [5.41, 5.74) is 10.6. The lowest BCUT2D eigenvalue weighted by molar-refractivity contribution is 0.0697. The third kappa shape index (κ3) is 2.68. The molecule has 4 heteroatoms. The van der Waals surface area contributed by atoms with Gasteiger partial charge in [0.1, 0.15) is 0 Å². The van der Waals surface area contributed by atoms with Crippen LogP contribution in [0.2, 0.25) is 0 Å². The van der Waals surface area contributed by atoms with Gasteiger partial charge in [-0.15, -0.1) is 0 Å². The van der Waals surface area contributed by atoms with E-state index in [0.29, 0.717) is 18.0 Å². The topological polar surface area (TPSA) is 68.2 Å². The van der Waals surface area contributed by atoms with Crippen molar-refractivity contribution in [1.29, 1.82) is 0 Å². The highest BCUT2D eigenvalue weighted by Crippen LogP contribution is 2.34. The Bertz CT molecular complexity index is 684. The molecular weight excluding hydrogens is 264 g/mol. The van der Waals surface area contributed by atoms with Crippen molar-refractivity contribution >= 4 is 16.9 Å². The summed E-state index contributed by atoms with van der Waals surface area (Å²) in [6, 6.07) is 3.57. The molecule has 4 nitrogen and oxygen atoms in total. The molecule has 1 aromatic heterocycles. The summed E-state index contributed by atoms with van der Waals surface area (Å²) in [5, 5.41) is 10.4. The molecule has 0 atom stereocenters. The smallest absolute Gasteiger partial charge is 0.335 e. The van der Waals surface area contributed by atoms with Crippen LogP contribution >= 0.6 is 0 Å². The largest absolute Gasteiger partial charge is 0.478 e. The Labute approximate surface area is 125 Å². The number of hydrogen-bond acceptors (Lipinski definition) is 2. The molecule has 0 aliphatic rings. The zero-order chi connectivity index (χ0) is 15.7. The summed E-state index contributed by atoms with van der Waals surface area (Å²) < 4.78 is 2.29. The van der Waals surface area contributed by atoms with E-state index in [4.69, 9.17) is 5.73 Å². The van der Waals surface area contributed by atoms with Crippen LogP contribution in [0.5, 0.6) is 0 Å². The first-order valence-electron chi connectivity index (χ1n) is 7.45. The van der Waals surface area contributed by atoms with Crippen LogP contribution in [0.25, 0.3) is 10.9 Å². The Morgan fingerprint density at radius 1 is 1.33 bits per heavy atom. The quantitative estimate of drug-likeness (QED) is 0.885. The molecule has 1 heterocycles. The van der Waals surface area contributed by atoms with Gasteiger partial charge in [-0.05, 0) is 56.0 Å². The molecule has 0 unspecified atom stereocenters. The fourth-order valence-corrected chi connectivity index (χ4v) is 3.23. The molecule has 0 aliphatic heterocycles. The van der Waals surface area contributed by atoms with E-state index in [-0.39, 0.29) is 0 Å². The lowest BCUT2D eigenvalue weighted by atomic mass is 9.97. The number of carboxylic acid groups (broad SMARTS) is 1. The summed E-state index contributed by atoms with van der Waals surface area (Å²) in [5.74, 6) is -0.517. The standard InChI is InChI=1S/C17H24N2O2/c1-10(2)15-12(4)19(7-5-6-18)16-11(3)8-13(17(20)21)9-14(15)16/h8-10H,5-7,18H2,1-4H3,(H,20,21). The van der Waals surface area contributed by atoms with E-state index >= 15 is 0 Å². The molecule has 0 bridgehead atoms. The highest BCUT2D eigenvalue weighted by Gasteiger charge is 2.19. The van der Waals surface area contributed by atoms with Gasteiger partial charge in [0.25, 0.3) is 0 Å². The molecule has 2 rings (SSSR count).